The van der Waals surface area contributed by atoms with E-state index in [1.54, 1.807) is 30.9 Å². The van der Waals surface area contributed by atoms with Crippen LogP contribution in [0.25, 0.3) is 0 Å². The zero-order valence-electron chi connectivity index (χ0n) is 10.4. The molecule has 0 bridgehead atoms. The fourth-order valence-corrected chi connectivity index (χ4v) is 2.38. The fourth-order valence-electron chi connectivity index (χ4n) is 1.55. The third-order valence-electron chi connectivity index (χ3n) is 2.45. The van der Waals surface area contributed by atoms with Crippen LogP contribution in [-0.4, -0.2) is 23.4 Å². The van der Waals surface area contributed by atoms with Crippen molar-refractivity contribution >= 4 is 19.7 Å². The van der Waals surface area contributed by atoms with Gasteiger partial charge in [-0.15, -0.1) is 5.10 Å². The lowest BCUT2D eigenvalue weighted by molar-refractivity contribution is 0.299. The summed E-state index contributed by atoms with van der Waals surface area (Å²) >= 11 is 0. The maximum Gasteiger partial charge on any atom is 0.261 e. The van der Waals surface area contributed by atoms with Gasteiger partial charge in [0.25, 0.3) is 9.05 Å². The average molecular weight is 302 g/mol. The molecule has 2 rings (SSSR count). The third-order valence-corrected chi connectivity index (χ3v) is 3.81. The standard InChI is InChI=1S/C11H12ClN3O3S/c1-8-5-10(19(12,16)17)3-4-11(8)18-7-9-6-15(2)14-13-9/h3-6H,7H2,1-2H3. The van der Waals surface area contributed by atoms with E-state index in [0.29, 0.717) is 17.0 Å². The number of nitrogens with zero attached hydrogens (tertiary/aromatic N) is 3. The topological polar surface area (TPSA) is 74.1 Å². The third kappa shape index (κ3) is 3.45. The maximum absolute atomic E-state index is 11.2. The van der Waals surface area contributed by atoms with Gasteiger partial charge in [-0.2, -0.15) is 0 Å². The lowest BCUT2D eigenvalue weighted by Gasteiger charge is -2.08. The Bertz CT molecular complexity index is 697. The molecule has 1 aromatic heterocycles. The van der Waals surface area contributed by atoms with E-state index in [4.69, 9.17) is 15.4 Å². The summed E-state index contributed by atoms with van der Waals surface area (Å²) < 4.78 is 29.5. The quantitative estimate of drug-likeness (QED) is 0.802. The first-order chi connectivity index (χ1) is 8.86. The van der Waals surface area contributed by atoms with Gasteiger partial charge in [-0.1, -0.05) is 5.21 Å². The molecule has 6 nitrogen and oxygen atoms in total. The largest absolute Gasteiger partial charge is 0.487 e. The van der Waals surface area contributed by atoms with Crippen molar-refractivity contribution < 1.29 is 13.2 Å². The number of benzene rings is 1. The van der Waals surface area contributed by atoms with Gasteiger partial charge in [0.05, 0.1) is 11.1 Å². The van der Waals surface area contributed by atoms with E-state index in [-0.39, 0.29) is 11.5 Å². The van der Waals surface area contributed by atoms with Crippen molar-refractivity contribution in [1.82, 2.24) is 15.0 Å². The molecule has 8 heteroatoms. The number of hydrogen-bond acceptors (Lipinski definition) is 5. The summed E-state index contributed by atoms with van der Waals surface area (Å²) in [6, 6.07) is 4.44. The maximum atomic E-state index is 11.2. The molecule has 0 aliphatic heterocycles. The van der Waals surface area contributed by atoms with Crippen LogP contribution >= 0.6 is 10.7 Å². The van der Waals surface area contributed by atoms with E-state index in [1.165, 1.54) is 12.1 Å². The summed E-state index contributed by atoms with van der Waals surface area (Å²) in [5.74, 6) is 0.578. The molecule has 0 unspecified atom stereocenters. The zero-order valence-corrected chi connectivity index (χ0v) is 11.9. The summed E-state index contributed by atoms with van der Waals surface area (Å²) in [6.07, 6.45) is 1.74. The van der Waals surface area contributed by atoms with Gasteiger partial charge in [0.2, 0.25) is 0 Å². The zero-order chi connectivity index (χ0) is 14.0. The number of aromatic nitrogens is 3. The molecule has 0 saturated carbocycles. The number of rotatable bonds is 4. The first-order valence-electron chi connectivity index (χ1n) is 5.39. The van der Waals surface area contributed by atoms with Crippen LogP contribution in [0.5, 0.6) is 5.75 Å². The lowest BCUT2D eigenvalue weighted by Crippen LogP contribution is -1.99. The van der Waals surface area contributed by atoms with Crippen molar-refractivity contribution in [1.29, 1.82) is 0 Å². The Balaban J connectivity index is 2.14. The van der Waals surface area contributed by atoms with Gasteiger partial charge in [-0.3, -0.25) is 4.68 Å². The highest BCUT2D eigenvalue weighted by Crippen LogP contribution is 2.24. The first kappa shape index (κ1) is 13.8. The predicted molar refractivity (Wildman–Crippen MR) is 69.6 cm³/mol. The Hall–Kier alpha value is -1.60. The minimum Gasteiger partial charge on any atom is -0.487 e. The summed E-state index contributed by atoms with van der Waals surface area (Å²) in [6.45, 7) is 2.01. The van der Waals surface area contributed by atoms with Crippen molar-refractivity contribution in [2.75, 3.05) is 0 Å². The molecular formula is C11H12ClN3O3S. The molecule has 0 fully saturated rings. The van der Waals surface area contributed by atoms with Crippen molar-refractivity contribution in [2.24, 2.45) is 7.05 Å². The Morgan fingerprint density at radius 2 is 2.16 bits per heavy atom. The highest BCUT2D eigenvalue weighted by atomic mass is 35.7. The molecule has 1 aromatic carbocycles. The molecule has 102 valence electrons. The molecule has 0 aliphatic rings. The van der Waals surface area contributed by atoms with Crippen molar-refractivity contribution in [3.8, 4) is 5.75 Å². The smallest absolute Gasteiger partial charge is 0.261 e. The number of ether oxygens (including phenoxy) is 1. The number of aryl methyl sites for hydroxylation is 2. The number of hydrogen-bond donors (Lipinski definition) is 0. The fraction of sp³-hybridized carbons (Fsp3) is 0.273. The van der Waals surface area contributed by atoms with Crippen molar-refractivity contribution in [3.63, 3.8) is 0 Å². The summed E-state index contributed by atoms with van der Waals surface area (Å²) in [5.41, 5.74) is 1.38. The minimum atomic E-state index is -3.71. The van der Waals surface area contributed by atoms with Gasteiger partial charge in [-0.25, -0.2) is 8.42 Å². The second kappa shape index (κ2) is 5.18. The minimum absolute atomic E-state index is 0.0542. The van der Waals surface area contributed by atoms with Gasteiger partial charge in [0, 0.05) is 17.7 Å². The normalized spacial score (nSPS) is 11.5. The average Bonchev–Trinajstić information content (AvgIpc) is 2.72. The van der Waals surface area contributed by atoms with E-state index in [1.807, 2.05) is 0 Å². The monoisotopic (exact) mass is 301 g/mol. The van der Waals surface area contributed by atoms with Crippen LogP contribution in [0.15, 0.2) is 29.3 Å². The molecular weight excluding hydrogens is 290 g/mol. The predicted octanol–water partition coefficient (Wildman–Crippen LogP) is 1.63. The summed E-state index contributed by atoms with van der Waals surface area (Å²) in [5, 5.41) is 7.68. The Kier molecular flexibility index (Phi) is 3.77. The molecule has 19 heavy (non-hydrogen) atoms. The van der Waals surface area contributed by atoms with Gasteiger partial charge < -0.3 is 4.74 Å². The summed E-state index contributed by atoms with van der Waals surface area (Å²) in [4.78, 5) is 0.0542. The van der Waals surface area contributed by atoms with Gasteiger partial charge in [0.15, 0.2) is 0 Å². The highest BCUT2D eigenvalue weighted by Gasteiger charge is 2.12. The van der Waals surface area contributed by atoms with Gasteiger partial charge >= 0.3 is 0 Å². The van der Waals surface area contributed by atoms with Gasteiger partial charge in [-0.05, 0) is 30.7 Å². The van der Waals surface area contributed by atoms with Crippen LogP contribution in [-0.2, 0) is 22.7 Å². The first-order valence-corrected chi connectivity index (χ1v) is 7.70. The van der Waals surface area contributed by atoms with Crippen LogP contribution in [0.1, 0.15) is 11.3 Å². The Morgan fingerprint density at radius 1 is 1.42 bits per heavy atom. The second-order valence-corrected chi connectivity index (χ2v) is 6.60. The molecule has 0 spiro atoms. The molecule has 2 aromatic rings. The second-order valence-electron chi connectivity index (χ2n) is 4.04. The Labute approximate surface area is 115 Å². The van der Waals surface area contributed by atoms with E-state index in [0.717, 1.165) is 0 Å². The van der Waals surface area contributed by atoms with E-state index in [2.05, 4.69) is 10.3 Å². The molecule has 0 atom stereocenters. The summed E-state index contributed by atoms with van der Waals surface area (Å²) in [7, 11) is 3.32. The molecule has 1 heterocycles. The molecule has 0 N–H and O–H groups in total. The van der Waals surface area contributed by atoms with E-state index in [9.17, 15) is 8.42 Å². The van der Waals surface area contributed by atoms with Crippen LogP contribution in [0.3, 0.4) is 0 Å². The molecule has 0 aliphatic carbocycles. The highest BCUT2D eigenvalue weighted by molar-refractivity contribution is 8.13. The number of halogens is 1. The molecule has 0 radical (unpaired) electrons. The van der Waals surface area contributed by atoms with Crippen LogP contribution in [0.4, 0.5) is 0 Å². The van der Waals surface area contributed by atoms with Crippen LogP contribution in [0, 0.1) is 6.92 Å². The van der Waals surface area contributed by atoms with Crippen LogP contribution < -0.4 is 4.74 Å². The molecule has 0 saturated heterocycles. The van der Waals surface area contributed by atoms with E-state index < -0.39 is 9.05 Å². The van der Waals surface area contributed by atoms with E-state index >= 15 is 0 Å². The lowest BCUT2D eigenvalue weighted by atomic mass is 10.2. The van der Waals surface area contributed by atoms with Crippen molar-refractivity contribution in [2.45, 2.75) is 18.4 Å². The van der Waals surface area contributed by atoms with Crippen molar-refractivity contribution in [3.05, 3.63) is 35.7 Å². The SMILES string of the molecule is Cc1cc(S(=O)(=O)Cl)ccc1OCc1cn(C)nn1. The molecule has 0 amide bonds. The van der Waals surface area contributed by atoms with Crippen LogP contribution in [0.2, 0.25) is 0 Å². The van der Waals surface area contributed by atoms with Gasteiger partial charge in [0.1, 0.15) is 18.1 Å². The Morgan fingerprint density at radius 3 is 2.68 bits per heavy atom.